The first-order valence-corrected chi connectivity index (χ1v) is 8.46. The number of alkyl halides is 2. The van der Waals surface area contributed by atoms with Gasteiger partial charge >= 0.3 is 6.61 Å². The molecular formula is C17H27F2IN4O2. The molecule has 0 bridgehead atoms. The molecule has 0 saturated carbocycles. The van der Waals surface area contributed by atoms with Crippen molar-refractivity contribution in [2.45, 2.75) is 26.0 Å². The first-order chi connectivity index (χ1) is 12.1. The second kappa shape index (κ2) is 12.1. The van der Waals surface area contributed by atoms with E-state index in [0.29, 0.717) is 25.4 Å². The SMILES string of the molecule is CCNC(=NCCOC)NC1CCN(c2ccccc2OC(F)F)C1.I. The minimum atomic E-state index is -2.83. The first-order valence-electron chi connectivity index (χ1n) is 8.46. The number of nitrogens with zero attached hydrogens (tertiary/aromatic N) is 2. The minimum Gasteiger partial charge on any atom is -0.433 e. The van der Waals surface area contributed by atoms with Crippen LogP contribution in [-0.2, 0) is 4.74 Å². The Hall–Kier alpha value is -1.36. The molecule has 1 fully saturated rings. The summed E-state index contributed by atoms with van der Waals surface area (Å²) in [5.41, 5.74) is 0.688. The van der Waals surface area contributed by atoms with Crippen LogP contribution in [0.2, 0.25) is 0 Å². The molecule has 148 valence electrons. The lowest BCUT2D eigenvalue weighted by molar-refractivity contribution is -0.0495. The Bertz CT molecular complexity index is 563. The maximum Gasteiger partial charge on any atom is 0.387 e. The fourth-order valence-electron chi connectivity index (χ4n) is 2.77. The number of guanidine groups is 1. The molecule has 0 amide bonds. The lowest BCUT2D eigenvalue weighted by atomic mass is 10.2. The fourth-order valence-corrected chi connectivity index (χ4v) is 2.77. The number of benzene rings is 1. The Labute approximate surface area is 170 Å². The molecule has 0 aromatic heterocycles. The van der Waals surface area contributed by atoms with Gasteiger partial charge in [0.1, 0.15) is 5.75 Å². The van der Waals surface area contributed by atoms with Crippen LogP contribution in [0.25, 0.3) is 0 Å². The smallest absolute Gasteiger partial charge is 0.387 e. The van der Waals surface area contributed by atoms with Gasteiger partial charge in [0.25, 0.3) is 0 Å². The normalized spacial score (nSPS) is 17.2. The van der Waals surface area contributed by atoms with E-state index in [1.54, 1.807) is 25.3 Å². The average Bonchev–Trinajstić information content (AvgIpc) is 3.03. The van der Waals surface area contributed by atoms with Gasteiger partial charge in [0.2, 0.25) is 0 Å². The summed E-state index contributed by atoms with van der Waals surface area (Å²) in [5, 5.41) is 6.59. The lowest BCUT2D eigenvalue weighted by Crippen LogP contribution is -2.44. The minimum absolute atomic E-state index is 0. The van der Waals surface area contributed by atoms with Crippen LogP contribution in [0.4, 0.5) is 14.5 Å². The molecule has 2 rings (SSSR count). The quantitative estimate of drug-likeness (QED) is 0.257. The summed E-state index contributed by atoms with van der Waals surface area (Å²) in [5.74, 6) is 0.947. The van der Waals surface area contributed by atoms with Crippen LogP contribution >= 0.6 is 24.0 Å². The van der Waals surface area contributed by atoms with Crippen molar-refractivity contribution in [3.63, 3.8) is 0 Å². The summed E-state index contributed by atoms with van der Waals surface area (Å²) in [6.07, 6.45) is 0.887. The summed E-state index contributed by atoms with van der Waals surface area (Å²) < 4.78 is 34.8. The molecule has 9 heteroatoms. The van der Waals surface area contributed by atoms with Crippen LogP contribution in [0, 0.1) is 0 Å². The third kappa shape index (κ3) is 7.10. The molecule has 1 atom stereocenters. The Morgan fingerprint density at radius 2 is 2.15 bits per heavy atom. The number of hydrogen-bond donors (Lipinski definition) is 2. The van der Waals surface area contributed by atoms with Crippen molar-refractivity contribution >= 4 is 35.6 Å². The number of para-hydroxylation sites is 2. The number of rotatable bonds is 8. The highest BCUT2D eigenvalue weighted by atomic mass is 127. The topological polar surface area (TPSA) is 58.1 Å². The molecule has 1 aromatic carbocycles. The number of methoxy groups -OCH3 is 1. The van der Waals surface area contributed by atoms with E-state index in [9.17, 15) is 8.78 Å². The zero-order valence-corrected chi connectivity index (χ0v) is 17.4. The highest BCUT2D eigenvalue weighted by molar-refractivity contribution is 14.0. The van der Waals surface area contributed by atoms with Gasteiger partial charge in [-0.25, -0.2) is 0 Å². The van der Waals surface area contributed by atoms with Crippen LogP contribution in [0.15, 0.2) is 29.3 Å². The Morgan fingerprint density at radius 3 is 2.85 bits per heavy atom. The molecule has 1 unspecified atom stereocenters. The second-order valence-corrected chi connectivity index (χ2v) is 5.68. The van der Waals surface area contributed by atoms with Crippen molar-refractivity contribution in [3.05, 3.63) is 24.3 Å². The first kappa shape index (κ1) is 22.7. The Kier molecular flexibility index (Phi) is 10.6. The van der Waals surface area contributed by atoms with Gasteiger partial charge in [-0.2, -0.15) is 8.78 Å². The molecule has 1 heterocycles. The van der Waals surface area contributed by atoms with Crippen LogP contribution in [0.5, 0.6) is 5.75 Å². The third-order valence-electron chi connectivity index (χ3n) is 3.86. The molecule has 26 heavy (non-hydrogen) atoms. The molecule has 1 aliphatic rings. The van der Waals surface area contributed by atoms with Gasteiger partial charge in [-0.1, -0.05) is 12.1 Å². The van der Waals surface area contributed by atoms with E-state index in [1.807, 2.05) is 17.9 Å². The van der Waals surface area contributed by atoms with Crippen molar-refractivity contribution in [1.82, 2.24) is 10.6 Å². The highest BCUT2D eigenvalue weighted by Gasteiger charge is 2.25. The van der Waals surface area contributed by atoms with E-state index in [0.717, 1.165) is 25.5 Å². The molecule has 2 N–H and O–H groups in total. The van der Waals surface area contributed by atoms with E-state index in [4.69, 9.17) is 4.74 Å². The van der Waals surface area contributed by atoms with Gasteiger partial charge < -0.3 is 25.0 Å². The number of aliphatic imine (C=N–C) groups is 1. The monoisotopic (exact) mass is 484 g/mol. The zero-order chi connectivity index (χ0) is 18.1. The molecule has 0 spiro atoms. The van der Waals surface area contributed by atoms with Gasteiger partial charge in [-0.3, -0.25) is 4.99 Å². The number of ether oxygens (including phenoxy) is 2. The maximum absolute atomic E-state index is 12.6. The molecule has 0 aliphatic carbocycles. The second-order valence-electron chi connectivity index (χ2n) is 5.68. The number of hydrogen-bond acceptors (Lipinski definition) is 4. The number of halogens is 3. The lowest BCUT2D eigenvalue weighted by Gasteiger charge is -2.22. The maximum atomic E-state index is 12.6. The standard InChI is InChI=1S/C17H26F2N4O2.HI/c1-3-20-17(21-9-11-24-2)22-13-8-10-23(12-13)14-6-4-5-7-15(14)25-16(18)19;/h4-7,13,16H,3,8-12H2,1-2H3,(H2,20,21,22);1H. The van der Waals surface area contributed by atoms with E-state index in [-0.39, 0.29) is 35.8 Å². The van der Waals surface area contributed by atoms with Crippen molar-refractivity contribution in [1.29, 1.82) is 0 Å². The predicted octanol–water partition coefficient (Wildman–Crippen LogP) is 2.69. The Balaban J connectivity index is 0.00000338. The molecule has 1 aromatic rings. The van der Waals surface area contributed by atoms with Crippen molar-refractivity contribution < 1.29 is 18.3 Å². The van der Waals surface area contributed by atoms with Crippen molar-refractivity contribution in [2.75, 3.05) is 44.8 Å². The summed E-state index contributed by atoms with van der Waals surface area (Å²) >= 11 is 0. The van der Waals surface area contributed by atoms with Crippen LogP contribution in [-0.4, -0.2) is 58.5 Å². The van der Waals surface area contributed by atoms with Gasteiger partial charge in [-0.05, 0) is 25.5 Å². The molecule has 1 aliphatic heterocycles. The Morgan fingerprint density at radius 1 is 1.38 bits per heavy atom. The fraction of sp³-hybridized carbons (Fsp3) is 0.588. The van der Waals surface area contributed by atoms with E-state index in [1.165, 1.54) is 0 Å². The molecule has 0 radical (unpaired) electrons. The zero-order valence-electron chi connectivity index (χ0n) is 15.1. The average molecular weight is 484 g/mol. The van der Waals surface area contributed by atoms with Crippen LogP contribution in [0.1, 0.15) is 13.3 Å². The predicted molar refractivity (Wildman–Crippen MR) is 110 cm³/mol. The molecule has 1 saturated heterocycles. The summed E-state index contributed by atoms with van der Waals surface area (Å²) in [4.78, 5) is 6.50. The molecule has 6 nitrogen and oxygen atoms in total. The number of nitrogens with one attached hydrogen (secondary N) is 2. The summed E-state index contributed by atoms with van der Waals surface area (Å²) in [6, 6.07) is 7.07. The van der Waals surface area contributed by atoms with Crippen molar-refractivity contribution in [3.8, 4) is 5.75 Å². The van der Waals surface area contributed by atoms with Crippen LogP contribution < -0.4 is 20.3 Å². The highest BCUT2D eigenvalue weighted by Crippen LogP contribution is 2.31. The van der Waals surface area contributed by atoms with E-state index in [2.05, 4.69) is 20.4 Å². The van der Waals surface area contributed by atoms with Gasteiger partial charge in [0, 0.05) is 32.8 Å². The number of anilines is 1. The van der Waals surface area contributed by atoms with E-state index < -0.39 is 6.61 Å². The van der Waals surface area contributed by atoms with Gasteiger partial charge in [-0.15, -0.1) is 24.0 Å². The third-order valence-corrected chi connectivity index (χ3v) is 3.86. The van der Waals surface area contributed by atoms with Gasteiger partial charge in [0.05, 0.1) is 18.8 Å². The van der Waals surface area contributed by atoms with E-state index >= 15 is 0 Å². The largest absolute Gasteiger partial charge is 0.433 e. The summed E-state index contributed by atoms with van der Waals surface area (Å²) in [7, 11) is 1.64. The molecular weight excluding hydrogens is 457 g/mol. The van der Waals surface area contributed by atoms with Crippen molar-refractivity contribution in [2.24, 2.45) is 4.99 Å². The summed E-state index contributed by atoms with van der Waals surface area (Å²) in [6.45, 7) is 2.54. The van der Waals surface area contributed by atoms with Gasteiger partial charge in [0.15, 0.2) is 5.96 Å². The van der Waals surface area contributed by atoms with Crippen LogP contribution in [0.3, 0.4) is 0 Å².